The molecular weight excluding hydrogens is 360 g/mol. The van der Waals surface area contributed by atoms with Gasteiger partial charge in [-0.2, -0.15) is 0 Å². The highest BCUT2D eigenvalue weighted by Crippen LogP contribution is 2.24. The molecule has 2 aromatic carbocycles. The van der Waals surface area contributed by atoms with E-state index in [4.69, 9.17) is 0 Å². The molecule has 1 heterocycles. The Bertz CT molecular complexity index is 846. The van der Waals surface area contributed by atoms with Crippen molar-refractivity contribution in [1.29, 1.82) is 0 Å². The van der Waals surface area contributed by atoms with Crippen molar-refractivity contribution < 1.29 is 13.2 Å². The topological polar surface area (TPSA) is 66.5 Å². The van der Waals surface area contributed by atoms with Crippen LogP contribution in [0.25, 0.3) is 0 Å². The number of hydrogen-bond acceptors (Lipinski definition) is 3. The van der Waals surface area contributed by atoms with Gasteiger partial charge < -0.3 is 4.90 Å². The number of benzene rings is 2. The number of likely N-dealkylation sites (tertiary alicyclic amines) is 1. The fourth-order valence-corrected chi connectivity index (χ4v) is 4.89. The first-order valence-electron chi connectivity index (χ1n) is 9.42. The SMILES string of the molecule is CCC(C(=O)N1CCC(NS(=O)(=O)c2ccccc2)CC1)c1ccccc1. The van der Waals surface area contributed by atoms with Gasteiger partial charge in [-0.1, -0.05) is 55.5 Å². The van der Waals surface area contributed by atoms with Gasteiger partial charge in [0.2, 0.25) is 15.9 Å². The van der Waals surface area contributed by atoms with Crippen molar-refractivity contribution in [3.8, 4) is 0 Å². The molecule has 0 radical (unpaired) electrons. The minimum Gasteiger partial charge on any atom is -0.342 e. The van der Waals surface area contributed by atoms with Crippen LogP contribution in [0, 0.1) is 0 Å². The van der Waals surface area contributed by atoms with Gasteiger partial charge in [-0.05, 0) is 37.0 Å². The predicted octanol–water partition coefficient (Wildman–Crippen LogP) is 3.15. The molecule has 1 N–H and O–H groups in total. The number of sulfonamides is 1. The normalized spacial score (nSPS) is 16.9. The Morgan fingerprint density at radius 1 is 1.04 bits per heavy atom. The molecule has 1 fully saturated rings. The van der Waals surface area contributed by atoms with Crippen molar-refractivity contribution in [2.24, 2.45) is 0 Å². The van der Waals surface area contributed by atoms with Gasteiger partial charge >= 0.3 is 0 Å². The minimum absolute atomic E-state index is 0.132. The Hall–Kier alpha value is -2.18. The maximum absolute atomic E-state index is 12.9. The van der Waals surface area contributed by atoms with E-state index in [1.807, 2.05) is 42.2 Å². The van der Waals surface area contributed by atoms with E-state index in [2.05, 4.69) is 4.72 Å². The monoisotopic (exact) mass is 386 g/mol. The van der Waals surface area contributed by atoms with Gasteiger partial charge in [-0.25, -0.2) is 13.1 Å². The predicted molar refractivity (Wildman–Crippen MR) is 106 cm³/mol. The highest BCUT2D eigenvalue weighted by molar-refractivity contribution is 7.89. The maximum Gasteiger partial charge on any atom is 0.240 e. The molecule has 144 valence electrons. The first-order valence-corrected chi connectivity index (χ1v) is 10.9. The van der Waals surface area contributed by atoms with Crippen molar-refractivity contribution in [2.45, 2.75) is 43.0 Å². The van der Waals surface area contributed by atoms with Gasteiger partial charge in [0.05, 0.1) is 10.8 Å². The fourth-order valence-electron chi connectivity index (χ4n) is 3.56. The van der Waals surface area contributed by atoms with Crippen LogP contribution in [-0.4, -0.2) is 38.4 Å². The summed E-state index contributed by atoms with van der Waals surface area (Å²) < 4.78 is 27.7. The second-order valence-corrected chi connectivity index (χ2v) is 8.62. The van der Waals surface area contributed by atoms with Gasteiger partial charge in [0.15, 0.2) is 0 Å². The smallest absolute Gasteiger partial charge is 0.240 e. The minimum atomic E-state index is -3.52. The van der Waals surface area contributed by atoms with Gasteiger partial charge in [-0.3, -0.25) is 4.79 Å². The zero-order valence-corrected chi connectivity index (χ0v) is 16.4. The molecule has 0 saturated carbocycles. The van der Waals surface area contributed by atoms with Gasteiger partial charge in [-0.15, -0.1) is 0 Å². The van der Waals surface area contributed by atoms with Gasteiger partial charge in [0, 0.05) is 19.1 Å². The summed E-state index contributed by atoms with van der Waals surface area (Å²) in [6.45, 7) is 3.17. The lowest BCUT2D eigenvalue weighted by Gasteiger charge is -2.34. The summed E-state index contributed by atoms with van der Waals surface area (Å²) in [7, 11) is -3.52. The number of nitrogens with one attached hydrogen (secondary N) is 1. The molecule has 1 aliphatic heterocycles. The fraction of sp³-hybridized carbons (Fsp3) is 0.381. The molecule has 6 heteroatoms. The van der Waals surface area contributed by atoms with Crippen LogP contribution in [0.5, 0.6) is 0 Å². The summed E-state index contributed by atoms with van der Waals surface area (Å²) in [5.41, 5.74) is 1.04. The standard InChI is InChI=1S/C21H26N2O3S/c1-2-20(17-9-5-3-6-10-17)21(24)23-15-13-18(14-16-23)22-27(25,26)19-11-7-4-8-12-19/h3-12,18,20,22H,2,13-16H2,1H3. The average molecular weight is 387 g/mol. The van der Waals surface area contributed by atoms with Gasteiger partial charge in [0.1, 0.15) is 0 Å². The number of hydrogen-bond donors (Lipinski definition) is 1. The lowest BCUT2D eigenvalue weighted by Crippen LogP contribution is -2.47. The Morgan fingerprint density at radius 2 is 1.59 bits per heavy atom. The number of amides is 1. The third kappa shape index (κ3) is 4.76. The second kappa shape index (κ2) is 8.67. The first kappa shape index (κ1) is 19.6. The Labute approximate surface area is 161 Å². The van der Waals surface area contributed by atoms with E-state index >= 15 is 0 Å². The van der Waals surface area contributed by atoms with Crippen LogP contribution in [0.4, 0.5) is 0 Å². The van der Waals surface area contributed by atoms with E-state index in [0.717, 1.165) is 12.0 Å². The number of piperidine rings is 1. The lowest BCUT2D eigenvalue weighted by atomic mass is 9.94. The zero-order valence-electron chi connectivity index (χ0n) is 15.5. The summed E-state index contributed by atoms with van der Waals surface area (Å²) in [6.07, 6.45) is 2.01. The lowest BCUT2D eigenvalue weighted by molar-refractivity contribution is -0.134. The van der Waals surface area contributed by atoms with Crippen LogP contribution < -0.4 is 4.72 Å². The third-order valence-electron chi connectivity index (χ3n) is 5.09. The van der Waals surface area contributed by atoms with Crippen molar-refractivity contribution in [3.63, 3.8) is 0 Å². The molecule has 0 spiro atoms. The van der Waals surface area contributed by atoms with E-state index in [1.165, 1.54) is 0 Å². The highest BCUT2D eigenvalue weighted by Gasteiger charge is 2.30. The summed E-state index contributed by atoms with van der Waals surface area (Å²) >= 11 is 0. The van der Waals surface area contributed by atoms with Crippen LogP contribution in [0.2, 0.25) is 0 Å². The second-order valence-electron chi connectivity index (χ2n) is 6.91. The van der Waals surface area contributed by atoms with Crippen molar-refractivity contribution >= 4 is 15.9 Å². The number of carbonyl (C=O) groups is 1. The highest BCUT2D eigenvalue weighted by atomic mass is 32.2. The Kier molecular flexibility index (Phi) is 6.29. The van der Waals surface area contributed by atoms with E-state index in [-0.39, 0.29) is 22.8 Å². The molecule has 3 rings (SSSR count). The summed E-state index contributed by atoms with van der Waals surface area (Å²) in [4.78, 5) is 15.1. The summed E-state index contributed by atoms with van der Waals surface area (Å²) in [5, 5.41) is 0. The molecular formula is C21H26N2O3S. The summed E-state index contributed by atoms with van der Waals surface area (Å²) in [5.74, 6) is -0.00294. The first-order chi connectivity index (χ1) is 13.0. The zero-order chi connectivity index (χ0) is 19.3. The largest absolute Gasteiger partial charge is 0.342 e. The van der Waals surface area contributed by atoms with Crippen molar-refractivity contribution in [2.75, 3.05) is 13.1 Å². The van der Waals surface area contributed by atoms with E-state index in [1.54, 1.807) is 30.3 Å². The Balaban J connectivity index is 1.59. The molecule has 5 nitrogen and oxygen atoms in total. The molecule has 1 unspecified atom stereocenters. The van der Waals surface area contributed by atoms with E-state index < -0.39 is 10.0 Å². The molecule has 1 amide bonds. The average Bonchev–Trinajstić information content (AvgIpc) is 2.70. The molecule has 0 aliphatic carbocycles. The number of carbonyl (C=O) groups excluding carboxylic acids is 1. The summed E-state index contributed by atoms with van der Waals surface area (Å²) in [6, 6.07) is 18.1. The van der Waals surface area contributed by atoms with Crippen LogP contribution >= 0.6 is 0 Å². The van der Waals surface area contributed by atoms with Crippen molar-refractivity contribution in [1.82, 2.24) is 9.62 Å². The molecule has 0 bridgehead atoms. The Morgan fingerprint density at radius 3 is 2.15 bits per heavy atom. The molecule has 1 atom stereocenters. The van der Waals surface area contributed by atoms with Crippen LogP contribution in [0.1, 0.15) is 37.7 Å². The number of rotatable bonds is 6. The molecule has 1 aliphatic rings. The molecule has 1 saturated heterocycles. The third-order valence-corrected chi connectivity index (χ3v) is 6.63. The maximum atomic E-state index is 12.9. The van der Waals surface area contributed by atoms with Crippen LogP contribution in [-0.2, 0) is 14.8 Å². The molecule has 2 aromatic rings. The molecule has 0 aromatic heterocycles. The van der Waals surface area contributed by atoms with Crippen LogP contribution in [0.3, 0.4) is 0 Å². The number of nitrogens with zero attached hydrogens (tertiary/aromatic N) is 1. The van der Waals surface area contributed by atoms with E-state index in [0.29, 0.717) is 25.9 Å². The van der Waals surface area contributed by atoms with Gasteiger partial charge in [0.25, 0.3) is 0 Å². The van der Waals surface area contributed by atoms with Crippen LogP contribution in [0.15, 0.2) is 65.6 Å². The van der Waals surface area contributed by atoms with E-state index in [9.17, 15) is 13.2 Å². The quantitative estimate of drug-likeness (QED) is 0.829. The molecule has 27 heavy (non-hydrogen) atoms. The van der Waals surface area contributed by atoms with Crippen molar-refractivity contribution in [3.05, 3.63) is 66.2 Å².